The lowest BCUT2D eigenvalue weighted by Crippen LogP contribution is -2.06. The zero-order valence-corrected chi connectivity index (χ0v) is 12.9. The largest absolute Gasteiger partial charge is 0.481 e. The van der Waals surface area contributed by atoms with Crippen LogP contribution in [0.3, 0.4) is 0 Å². The number of imidazole rings is 1. The molecule has 1 atom stereocenters. The van der Waals surface area contributed by atoms with Crippen LogP contribution in [0.15, 0.2) is 41.7 Å². The van der Waals surface area contributed by atoms with Crippen molar-refractivity contribution in [2.45, 2.75) is 31.5 Å². The normalized spacial score (nSPS) is 19.4. The average Bonchev–Trinajstić information content (AvgIpc) is 2.90. The van der Waals surface area contributed by atoms with Crippen LogP contribution < -0.4 is 0 Å². The van der Waals surface area contributed by atoms with E-state index in [0.717, 1.165) is 22.8 Å². The Kier molecular flexibility index (Phi) is 3.53. The van der Waals surface area contributed by atoms with Gasteiger partial charge in [-0.1, -0.05) is 55.9 Å². The number of rotatable bonds is 5. The first kappa shape index (κ1) is 14.2. The highest BCUT2D eigenvalue weighted by molar-refractivity contribution is 7.99. The van der Waals surface area contributed by atoms with Crippen LogP contribution in [0.2, 0.25) is 0 Å². The first-order valence-corrected chi connectivity index (χ1v) is 7.95. The maximum atomic E-state index is 10.8. The van der Waals surface area contributed by atoms with Crippen LogP contribution in [-0.2, 0) is 4.79 Å². The predicted molar refractivity (Wildman–Crippen MR) is 83.5 cm³/mol. The fourth-order valence-corrected chi connectivity index (χ4v) is 3.33. The Bertz CT molecular complexity index is 664. The molecule has 1 aromatic heterocycles. The molecule has 4 nitrogen and oxygen atoms in total. The summed E-state index contributed by atoms with van der Waals surface area (Å²) in [6.45, 7) is 4.47. The van der Waals surface area contributed by atoms with Crippen LogP contribution in [0.25, 0.3) is 11.3 Å². The van der Waals surface area contributed by atoms with Gasteiger partial charge in [-0.2, -0.15) is 0 Å². The molecule has 110 valence electrons. The third kappa shape index (κ3) is 2.83. The summed E-state index contributed by atoms with van der Waals surface area (Å²) in [5.74, 6) is -0.774. The standard InChI is InChI=1S/C16H18N2O2S/c1-16(2)8-13(16)18-12(11-6-4-3-5-7-11)9-17-15(18)21-10-14(19)20/h3-7,9,13H,8,10H2,1-2H3,(H,19,20). The van der Waals surface area contributed by atoms with Crippen molar-refractivity contribution in [2.24, 2.45) is 5.41 Å². The lowest BCUT2D eigenvalue weighted by atomic mass is 10.1. The highest BCUT2D eigenvalue weighted by Gasteiger charge is 2.48. The molecule has 1 unspecified atom stereocenters. The molecule has 1 N–H and O–H groups in total. The molecule has 0 saturated heterocycles. The van der Waals surface area contributed by atoms with Gasteiger partial charge in [0.2, 0.25) is 0 Å². The number of hydrogen-bond donors (Lipinski definition) is 1. The van der Waals surface area contributed by atoms with Crippen molar-refractivity contribution in [1.29, 1.82) is 0 Å². The molecule has 0 bridgehead atoms. The third-order valence-corrected chi connectivity index (χ3v) is 4.88. The zero-order chi connectivity index (χ0) is 15.0. The van der Waals surface area contributed by atoms with Crippen molar-refractivity contribution in [3.63, 3.8) is 0 Å². The van der Waals surface area contributed by atoms with Gasteiger partial charge >= 0.3 is 5.97 Å². The van der Waals surface area contributed by atoms with E-state index in [2.05, 4.69) is 35.5 Å². The summed E-state index contributed by atoms with van der Waals surface area (Å²) in [4.78, 5) is 15.3. The number of carboxylic acid groups (broad SMARTS) is 1. The van der Waals surface area contributed by atoms with Gasteiger partial charge in [0.25, 0.3) is 0 Å². The summed E-state index contributed by atoms with van der Waals surface area (Å²) >= 11 is 1.29. The van der Waals surface area contributed by atoms with Gasteiger partial charge in [-0.15, -0.1) is 0 Å². The number of thioether (sulfide) groups is 1. The van der Waals surface area contributed by atoms with Crippen LogP contribution in [0.1, 0.15) is 26.3 Å². The Morgan fingerprint density at radius 2 is 2.10 bits per heavy atom. The van der Waals surface area contributed by atoms with Gasteiger partial charge < -0.3 is 9.67 Å². The Morgan fingerprint density at radius 3 is 2.67 bits per heavy atom. The SMILES string of the molecule is CC1(C)CC1n1c(-c2ccccc2)cnc1SCC(=O)O. The smallest absolute Gasteiger partial charge is 0.313 e. The van der Waals surface area contributed by atoms with Gasteiger partial charge in [0.1, 0.15) is 0 Å². The van der Waals surface area contributed by atoms with E-state index in [1.165, 1.54) is 11.8 Å². The average molecular weight is 302 g/mol. The molecule has 1 heterocycles. The van der Waals surface area contributed by atoms with Crippen LogP contribution in [-0.4, -0.2) is 26.4 Å². The minimum atomic E-state index is -0.814. The fourth-order valence-electron chi connectivity index (χ4n) is 2.58. The van der Waals surface area contributed by atoms with Gasteiger partial charge in [-0.05, 0) is 17.4 Å². The van der Waals surface area contributed by atoms with E-state index >= 15 is 0 Å². The molecule has 1 saturated carbocycles. The number of benzene rings is 1. The monoisotopic (exact) mass is 302 g/mol. The van der Waals surface area contributed by atoms with Gasteiger partial charge in [-0.3, -0.25) is 4.79 Å². The van der Waals surface area contributed by atoms with E-state index in [1.54, 1.807) is 0 Å². The van der Waals surface area contributed by atoms with E-state index in [0.29, 0.717) is 6.04 Å². The third-order valence-electron chi connectivity index (χ3n) is 3.93. The summed E-state index contributed by atoms with van der Waals surface area (Å²) < 4.78 is 2.21. The second-order valence-electron chi connectivity index (χ2n) is 6.05. The summed E-state index contributed by atoms with van der Waals surface area (Å²) in [7, 11) is 0. The number of nitrogens with zero attached hydrogens (tertiary/aromatic N) is 2. The zero-order valence-electron chi connectivity index (χ0n) is 12.1. The molecule has 5 heteroatoms. The van der Waals surface area contributed by atoms with Crippen LogP contribution >= 0.6 is 11.8 Å². The van der Waals surface area contributed by atoms with Crippen LogP contribution in [0, 0.1) is 5.41 Å². The minimum Gasteiger partial charge on any atom is -0.481 e. The van der Waals surface area contributed by atoms with Crippen molar-refractivity contribution in [1.82, 2.24) is 9.55 Å². The molecule has 1 fully saturated rings. The van der Waals surface area contributed by atoms with E-state index < -0.39 is 5.97 Å². The molecule has 1 aromatic carbocycles. The highest BCUT2D eigenvalue weighted by atomic mass is 32.2. The second kappa shape index (κ2) is 5.22. The summed E-state index contributed by atoms with van der Waals surface area (Å²) in [5.41, 5.74) is 2.44. The van der Waals surface area contributed by atoms with Gasteiger partial charge in [0.05, 0.1) is 17.6 Å². The molecule has 0 spiro atoms. The predicted octanol–water partition coefficient (Wildman–Crippen LogP) is 3.70. The van der Waals surface area contributed by atoms with Crippen molar-refractivity contribution < 1.29 is 9.90 Å². The maximum Gasteiger partial charge on any atom is 0.313 e. The number of carbonyl (C=O) groups is 1. The van der Waals surface area contributed by atoms with Crippen molar-refractivity contribution >= 4 is 17.7 Å². The van der Waals surface area contributed by atoms with Gasteiger partial charge in [0.15, 0.2) is 5.16 Å². The van der Waals surface area contributed by atoms with Crippen molar-refractivity contribution in [2.75, 3.05) is 5.75 Å². The quantitative estimate of drug-likeness (QED) is 0.856. The second-order valence-corrected chi connectivity index (χ2v) is 7.00. The summed E-state index contributed by atoms with van der Waals surface area (Å²) in [5, 5.41) is 9.69. The Balaban J connectivity index is 1.99. The molecule has 1 aliphatic rings. The van der Waals surface area contributed by atoms with Gasteiger partial charge in [-0.25, -0.2) is 4.98 Å². The summed E-state index contributed by atoms with van der Waals surface area (Å²) in [6.07, 6.45) is 2.96. The lowest BCUT2D eigenvalue weighted by molar-refractivity contribution is -0.133. The molecule has 3 rings (SSSR count). The van der Waals surface area contributed by atoms with Crippen LogP contribution in [0.4, 0.5) is 0 Å². The molecule has 2 aromatic rings. The maximum absolute atomic E-state index is 10.8. The molecule has 0 amide bonds. The van der Waals surface area contributed by atoms with E-state index in [1.807, 2.05) is 24.4 Å². The van der Waals surface area contributed by atoms with Crippen LogP contribution in [0.5, 0.6) is 0 Å². The first-order chi connectivity index (χ1) is 9.99. The number of aliphatic carboxylic acids is 1. The minimum absolute atomic E-state index is 0.0401. The molecule has 1 aliphatic carbocycles. The van der Waals surface area contributed by atoms with Crippen molar-refractivity contribution in [3.8, 4) is 11.3 Å². The molecule has 0 aliphatic heterocycles. The Morgan fingerprint density at radius 1 is 1.43 bits per heavy atom. The number of hydrogen-bond acceptors (Lipinski definition) is 3. The molecular weight excluding hydrogens is 284 g/mol. The van der Waals surface area contributed by atoms with E-state index in [9.17, 15) is 4.79 Å². The molecule has 21 heavy (non-hydrogen) atoms. The Labute approximate surface area is 128 Å². The summed E-state index contributed by atoms with van der Waals surface area (Å²) in [6, 6.07) is 10.5. The first-order valence-electron chi connectivity index (χ1n) is 6.96. The molecule has 0 radical (unpaired) electrons. The van der Waals surface area contributed by atoms with E-state index in [4.69, 9.17) is 5.11 Å². The fraction of sp³-hybridized carbons (Fsp3) is 0.375. The lowest BCUT2D eigenvalue weighted by Gasteiger charge is -2.13. The number of carboxylic acids is 1. The van der Waals surface area contributed by atoms with Crippen molar-refractivity contribution in [3.05, 3.63) is 36.5 Å². The van der Waals surface area contributed by atoms with Gasteiger partial charge in [0, 0.05) is 6.04 Å². The van der Waals surface area contributed by atoms with E-state index in [-0.39, 0.29) is 11.2 Å². The Hall–Kier alpha value is -1.75. The highest BCUT2D eigenvalue weighted by Crippen LogP contribution is 2.57. The topological polar surface area (TPSA) is 55.1 Å². The number of aromatic nitrogens is 2. The molecular formula is C16H18N2O2S.